The van der Waals surface area contributed by atoms with Crippen molar-refractivity contribution in [3.8, 4) is 0 Å². The molecule has 4 nitrogen and oxygen atoms in total. The van der Waals surface area contributed by atoms with Crippen LogP contribution in [-0.4, -0.2) is 19.0 Å². The Morgan fingerprint density at radius 3 is 2.83 bits per heavy atom. The number of benzene rings is 1. The maximum Gasteiger partial charge on any atom is 0.228 e. The highest BCUT2D eigenvalue weighted by molar-refractivity contribution is 5.99. The van der Waals surface area contributed by atoms with Crippen LogP contribution in [0.5, 0.6) is 0 Å². The highest BCUT2D eigenvalue weighted by Gasteiger charge is 2.24. The van der Waals surface area contributed by atoms with Crippen molar-refractivity contribution in [3.05, 3.63) is 29.3 Å². The van der Waals surface area contributed by atoms with Crippen molar-refractivity contribution < 1.29 is 4.79 Å². The highest BCUT2D eigenvalue weighted by Crippen LogP contribution is 2.31. The van der Waals surface area contributed by atoms with Crippen molar-refractivity contribution >= 4 is 11.6 Å². The summed E-state index contributed by atoms with van der Waals surface area (Å²) in [6.07, 6.45) is 2.76. The first-order valence-corrected chi connectivity index (χ1v) is 6.63. The quantitative estimate of drug-likeness (QED) is 0.733. The molecule has 4 N–H and O–H groups in total. The summed E-state index contributed by atoms with van der Waals surface area (Å²) in [5.41, 5.74) is 9.56. The topological polar surface area (TPSA) is 67.2 Å². The van der Waals surface area contributed by atoms with Crippen LogP contribution < -0.4 is 16.4 Å². The summed E-state index contributed by atoms with van der Waals surface area (Å²) < 4.78 is 0. The molecule has 0 aromatic heterocycles. The molecule has 0 bridgehead atoms. The van der Waals surface area contributed by atoms with Gasteiger partial charge in [0.25, 0.3) is 0 Å². The number of hydrogen-bond donors (Lipinski definition) is 3. The average Bonchev–Trinajstić information content (AvgIpc) is 2.78. The van der Waals surface area contributed by atoms with Crippen LogP contribution in [-0.2, 0) is 11.2 Å². The van der Waals surface area contributed by atoms with E-state index in [1.54, 1.807) is 0 Å². The molecule has 1 aromatic rings. The Balaban J connectivity index is 1.80. The minimum Gasteiger partial charge on any atom is -0.326 e. The average molecular weight is 245 g/mol. The second-order valence-corrected chi connectivity index (χ2v) is 5.25. The summed E-state index contributed by atoms with van der Waals surface area (Å²) in [5, 5.41) is 6.21. The van der Waals surface area contributed by atoms with Crippen molar-refractivity contribution in [3.63, 3.8) is 0 Å². The summed E-state index contributed by atoms with van der Waals surface area (Å²) in [4.78, 5) is 11.3. The number of rotatable bonds is 2. The lowest BCUT2D eigenvalue weighted by Gasteiger charge is -2.28. The van der Waals surface area contributed by atoms with Gasteiger partial charge in [0.15, 0.2) is 0 Å². The summed E-state index contributed by atoms with van der Waals surface area (Å²) in [5.74, 6) is 0.631. The molecule has 1 unspecified atom stereocenters. The fraction of sp³-hybridized carbons (Fsp3) is 0.500. The second kappa shape index (κ2) is 4.71. The number of piperidine rings is 1. The molecule has 2 aliphatic heterocycles. The number of carbonyl (C=O) groups excluding carboxylic acids is 1. The number of amides is 1. The molecule has 2 aliphatic rings. The smallest absolute Gasteiger partial charge is 0.228 e. The lowest BCUT2D eigenvalue weighted by Crippen LogP contribution is -2.33. The molecule has 4 heteroatoms. The van der Waals surface area contributed by atoms with Crippen molar-refractivity contribution in [2.45, 2.75) is 25.3 Å². The zero-order chi connectivity index (χ0) is 12.5. The molecule has 0 spiro atoms. The molecular formula is C14H19N3O. The van der Waals surface area contributed by atoms with Gasteiger partial charge < -0.3 is 16.4 Å². The van der Waals surface area contributed by atoms with Crippen LogP contribution in [0.4, 0.5) is 5.69 Å². The number of nitrogens with two attached hydrogens (primary N) is 1. The van der Waals surface area contributed by atoms with Gasteiger partial charge in [-0.2, -0.15) is 0 Å². The van der Waals surface area contributed by atoms with E-state index in [2.05, 4.69) is 22.8 Å². The molecule has 1 atom stereocenters. The first-order valence-electron chi connectivity index (χ1n) is 6.63. The first-order chi connectivity index (χ1) is 8.74. The molecule has 1 fully saturated rings. The third-order valence-electron chi connectivity index (χ3n) is 4.03. The zero-order valence-corrected chi connectivity index (χ0v) is 10.4. The molecule has 96 valence electrons. The van der Waals surface area contributed by atoms with E-state index in [1.807, 2.05) is 6.07 Å². The molecule has 1 saturated heterocycles. The van der Waals surface area contributed by atoms with Crippen LogP contribution in [0.25, 0.3) is 0 Å². The highest BCUT2D eigenvalue weighted by atomic mass is 16.1. The van der Waals surface area contributed by atoms with Crippen LogP contribution in [0.3, 0.4) is 0 Å². The van der Waals surface area contributed by atoms with Gasteiger partial charge in [-0.1, -0.05) is 12.1 Å². The maximum absolute atomic E-state index is 11.3. The molecule has 1 aromatic carbocycles. The van der Waals surface area contributed by atoms with Gasteiger partial charge in [-0.3, -0.25) is 4.79 Å². The van der Waals surface area contributed by atoms with Crippen LogP contribution in [0.15, 0.2) is 18.2 Å². The number of carbonyl (C=O) groups is 1. The van der Waals surface area contributed by atoms with E-state index < -0.39 is 0 Å². The number of fused-ring (bicyclic) bond motifs is 1. The molecule has 18 heavy (non-hydrogen) atoms. The Morgan fingerprint density at radius 1 is 1.28 bits per heavy atom. The van der Waals surface area contributed by atoms with Gasteiger partial charge in [0.05, 0.1) is 6.42 Å². The SMILES string of the molecule is NC(c1ccc2c(c1)CC(=O)N2)C1CCNCC1. The normalized spacial score (nSPS) is 21.5. The molecule has 1 amide bonds. The van der Waals surface area contributed by atoms with Gasteiger partial charge in [-0.15, -0.1) is 0 Å². The largest absolute Gasteiger partial charge is 0.326 e. The molecule has 0 saturated carbocycles. The summed E-state index contributed by atoms with van der Waals surface area (Å²) >= 11 is 0. The third kappa shape index (κ3) is 2.13. The van der Waals surface area contributed by atoms with Gasteiger partial charge in [-0.05, 0) is 49.0 Å². The molecule has 0 radical (unpaired) electrons. The van der Waals surface area contributed by atoms with E-state index in [-0.39, 0.29) is 11.9 Å². The first kappa shape index (κ1) is 11.7. The Kier molecular flexibility index (Phi) is 3.06. The standard InChI is InChI=1S/C14H19N3O/c15-14(9-3-5-16-6-4-9)10-1-2-12-11(7-10)8-13(18)17-12/h1-2,7,9,14,16H,3-6,8,15H2,(H,17,18). The lowest BCUT2D eigenvalue weighted by atomic mass is 9.86. The van der Waals surface area contributed by atoms with E-state index >= 15 is 0 Å². The van der Waals surface area contributed by atoms with Crippen molar-refractivity contribution in [1.82, 2.24) is 5.32 Å². The maximum atomic E-state index is 11.3. The Morgan fingerprint density at radius 2 is 2.06 bits per heavy atom. The van der Waals surface area contributed by atoms with Crippen LogP contribution >= 0.6 is 0 Å². The van der Waals surface area contributed by atoms with E-state index in [0.29, 0.717) is 12.3 Å². The molecule has 3 rings (SSSR count). The summed E-state index contributed by atoms with van der Waals surface area (Å²) in [7, 11) is 0. The van der Waals surface area contributed by atoms with Crippen LogP contribution in [0.1, 0.15) is 30.0 Å². The van der Waals surface area contributed by atoms with Gasteiger partial charge in [-0.25, -0.2) is 0 Å². The zero-order valence-electron chi connectivity index (χ0n) is 10.4. The van der Waals surface area contributed by atoms with Gasteiger partial charge >= 0.3 is 0 Å². The fourth-order valence-corrected chi connectivity index (χ4v) is 2.93. The Hall–Kier alpha value is -1.39. The second-order valence-electron chi connectivity index (χ2n) is 5.25. The van der Waals surface area contributed by atoms with E-state index in [1.165, 1.54) is 0 Å². The number of anilines is 1. The van der Waals surface area contributed by atoms with E-state index in [0.717, 1.165) is 42.7 Å². The Bertz CT molecular complexity index is 466. The van der Waals surface area contributed by atoms with Crippen molar-refractivity contribution in [2.75, 3.05) is 18.4 Å². The van der Waals surface area contributed by atoms with Crippen LogP contribution in [0, 0.1) is 5.92 Å². The Labute approximate surface area is 107 Å². The van der Waals surface area contributed by atoms with E-state index in [4.69, 9.17) is 5.73 Å². The van der Waals surface area contributed by atoms with Gasteiger partial charge in [0.1, 0.15) is 0 Å². The minimum absolute atomic E-state index is 0.0811. The summed E-state index contributed by atoms with van der Waals surface area (Å²) in [6, 6.07) is 6.22. The van der Waals surface area contributed by atoms with Crippen LogP contribution in [0.2, 0.25) is 0 Å². The number of nitrogens with one attached hydrogen (secondary N) is 2. The van der Waals surface area contributed by atoms with Gasteiger partial charge in [0.2, 0.25) is 5.91 Å². The van der Waals surface area contributed by atoms with Crippen molar-refractivity contribution in [1.29, 1.82) is 0 Å². The third-order valence-corrected chi connectivity index (χ3v) is 4.03. The lowest BCUT2D eigenvalue weighted by molar-refractivity contribution is -0.115. The predicted octanol–water partition coefficient (Wildman–Crippen LogP) is 1.18. The minimum atomic E-state index is 0.0811. The fourth-order valence-electron chi connectivity index (χ4n) is 2.93. The summed E-state index contributed by atoms with van der Waals surface area (Å²) in [6.45, 7) is 2.12. The monoisotopic (exact) mass is 245 g/mol. The molecule has 0 aliphatic carbocycles. The molecular weight excluding hydrogens is 226 g/mol. The van der Waals surface area contributed by atoms with Crippen molar-refractivity contribution in [2.24, 2.45) is 11.7 Å². The van der Waals surface area contributed by atoms with Gasteiger partial charge in [0, 0.05) is 11.7 Å². The van der Waals surface area contributed by atoms with E-state index in [9.17, 15) is 4.79 Å². The molecule has 2 heterocycles. The predicted molar refractivity (Wildman–Crippen MR) is 71.3 cm³/mol. The number of hydrogen-bond acceptors (Lipinski definition) is 3.